The lowest BCUT2D eigenvalue weighted by atomic mass is 9.94. The molecule has 0 saturated carbocycles. The van der Waals surface area contributed by atoms with Gasteiger partial charge in [-0.15, -0.1) is 0 Å². The lowest BCUT2D eigenvalue weighted by Crippen LogP contribution is -2.36. The van der Waals surface area contributed by atoms with Gasteiger partial charge < -0.3 is 14.5 Å². The SMILES string of the molecule is CCOc1cccc2cc(C(C)NC(=O)C3CNNC3c3ccccc3)oc12. The van der Waals surface area contributed by atoms with Gasteiger partial charge in [-0.25, -0.2) is 5.43 Å². The van der Waals surface area contributed by atoms with Crippen LogP contribution in [0.5, 0.6) is 5.75 Å². The zero-order valence-corrected chi connectivity index (χ0v) is 16.1. The zero-order valence-electron chi connectivity index (χ0n) is 16.1. The summed E-state index contributed by atoms with van der Waals surface area (Å²) >= 11 is 0. The highest BCUT2D eigenvalue weighted by molar-refractivity contribution is 5.84. The number of para-hydroxylation sites is 1. The van der Waals surface area contributed by atoms with Crippen molar-refractivity contribution in [3.63, 3.8) is 0 Å². The first-order valence-corrected chi connectivity index (χ1v) is 9.66. The van der Waals surface area contributed by atoms with Gasteiger partial charge in [-0.2, -0.15) is 0 Å². The molecule has 3 unspecified atom stereocenters. The van der Waals surface area contributed by atoms with Crippen LogP contribution >= 0.6 is 0 Å². The molecule has 2 heterocycles. The third-order valence-corrected chi connectivity index (χ3v) is 5.09. The normalized spacial score (nSPS) is 20.2. The third kappa shape index (κ3) is 3.61. The van der Waals surface area contributed by atoms with Crippen molar-refractivity contribution in [1.29, 1.82) is 0 Å². The van der Waals surface area contributed by atoms with Gasteiger partial charge in [0.2, 0.25) is 5.91 Å². The van der Waals surface area contributed by atoms with Crippen LogP contribution in [0.3, 0.4) is 0 Å². The molecule has 0 bridgehead atoms. The fraction of sp³-hybridized carbons (Fsp3) is 0.318. The van der Waals surface area contributed by atoms with Crippen LogP contribution in [0.4, 0.5) is 0 Å². The van der Waals surface area contributed by atoms with E-state index >= 15 is 0 Å². The van der Waals surface area contributed by atoms with E-state index in [0.717, 1.165) is 16.7 Å². The first-order valence-electron chi connectivity index (χ1n) is 9.66. The fourth-order valence-electron chi connectivity index (χ4n) is 3.65. The Morgan fingerprint density at radius 3 is 2.86 bits per heavy atom. The monoisotopic (exact) mass is 379 g/mol. The second kappa shape index (κ2) is 8.04. The van der Waals surface area contributed by atoms with E-state index in [0.29, 0.717) is 24.5 Å². The number of hydrogen-bond acceptors (Lipinski definition) is 5. The number of benzene rings is 2. The van der Waals surface area contributed by atoms with Crippen LogP contribution in [-0.2, 0) is 4.79 Å². The van der Waals surface area contributed by atoms with Crippen molar-refractivity contribution < 1.29 is 13.9 Å². The molecule has 6 heteroatoms. The van der Waals surface area contributed by atoms with E-state index in [9.17, 15) is 4.79 Å². The summed E-state index contributed by atoms with van der Waals surface area (Å²) in [6, 6.07) is 17.5. The van der Waals surface area contributed by atoms with E-state index in [1.165, 1.54) is 0 Å². The van der Waals surface area contributed by atoms with Crippen molar-refractivity contribution in [2.45, 2.75) is 25.9 Å². The number of carbonyl (C=O) groups is 1. The molecule has 1 aliphatic heterocycles. The number of hydrogen-bond donors (Lipinski definition) is 3. The predicted octanol–water partition coefficient (Wildman–Crippen LogP) is 3.47. The number of rotatable bonds is 6. The highest BCUT2D eigenvalue weighted by Gasteiger charge is 2.34. The first-order chi connectivity index (χ1) is 13.7. The lowest BCUT2D eigenvalue weighted by Gasteiger charge is -2.20. The topological polar surface area (TPSA) is 75.5 Å². The maximum atomic E-state index is 12.9. The van der Waals surface area contributed by atoms with E-state index in [-0.39, 0.29) is 23.9 Å². The Morgan fingerprint density at radius 2 is 2.07 bits per heavy atom. The van der Waals surface area contributed by atoms with Gasteiger partial charge in [0.15, 0.2) is 11.3 Å². The van der Waals surface area contributed by atoms with Crippen LogP contribution in [0, 0.1) is 5.92 Å². The van der Waals surface area contributed by atoms with Crippen LogP contribution in [0.25, 0.3) is 11.0 Å². The molecule has 1 saturated heterocycles. The molecule has 0 aliphatic carbocycles. The van der Waals surface area contributed by atoms with E-state index < -0.39 is 0 Å². The average molecular weight is 379 g/mol. The van der Waals surface area contributed by atoms with E-state index in [1.54, 1.807) is 0 Å². The molecule has 4 rings (SSSR count). The molecule has 3 N–H and O–H groups in total. The van der Waals surface area contributed by atoms with Crippen molar-refractivity contribution >= 4 is 16.9 Å². The Kier molecular flexibility index (Phi) is 5.32. The van der Waals surface area contributed by atoms with Gasteiger partial charge in [0.25, 0.3) is 0 Å². The summed E-state index contributed by atoms with van der Waals surface area (Å²) in [5, 5.41) is 4.06. The average Bonchev–Trinajstić information content (AvgIpc) is 3.37. The Hall–Kier alpha value is -2.83. The summed E-state index contributed by atoms with van der Waals surface area (Å²) in [6.07, 6.45) is 0. The Labute approximate surface area is 164 Å². The maximum absolute atomic E-state index is 12.9. The summed E-state index contributed by atoms with van der Waals surface area (Å²) in [7, 11) is 0. The molecule has 1 aliphatic rings. The molecule has 6 nitrogen and oxygen atoms in total. The molecule has 0 radical (unpaired) electrons. The molecule has 2 aromatic carbocycles. The second-order valence-electron chi connectivity index (χ2n) is 7.01. The summed E-state index contributed by atoms with van der Waals surface area (Å²) in [5.74, 6) is 1.22. The van der Waals surface area contributed by atoms with Crippen molar-refractivity contribution in [2.24, 2.45) is 5.92 Å². The highest BCUT2D eigenvalue weighted by atomic mass is 16.5. The van der Waals surface area contributed by atoms with Crippen LogP contribution in [0.15, 0.2) is 59.0 Å². The number of furan rings is 1. The van der Waals surface area contributed by atoms with Gasteiger partial charge in [-0.05, 0) is 31.5 Å². The summed E-state index contributed by atoms with van der Waals surface area (Å²) in [5.41, 5.74) is 8.12. The fourth-order valence-corrected chi connectivity index (χ4v) is 3.65. The molecular weight excluding hydrogens is 354 g/mol. The number of carbonyl (C=O) groups excluding carboxylic acids is 1. The molecule has 1 amide bonds. The molecule has 0 spiro atoms. The minimum absolute atomic E-state index is 0.00987. The van der Waals surface area contributed by atoms with Gasteiger partial charge in [-0.1, -0.05) is 42.5 Å². The van der Waals surface area contributed by atoms with Crippen LogP contribution < -0.4 is 20.9 Å². The minimum atomic E-state index is -0.244. The molecule has 146 valence electrons. The van der Waals surface area contributed by atoms with Crippen LogP contribution in [0.1, 0.15) is 37.3 Å². The smallest absolute Gasteiger partial charge is 0.227 e. The third-order valence-electron chi connectivity index (χ3n) is 5.09. The molecule has 1 aromatic heterocycles. The van der Waals surface area contributed by atoms with Gasteiger partial charge in [0.05, 0.1) is 24.6 Å². The Bertz CT molecular complexity index is 954. The van der Waals surface area contributed by atoms with Crippen LogP contribution in [-0.4, -0.2) is 19.1 Å². The standard InChI is InChI=1S/C22H25N3O3/c1-3-27-18-11-7-10-16-12-19(28-21(16)18)14(2)24-22(26)17-13-23-25-20(17)15-8-5-4-6-9-15/h4-12,14,17,20,23,25H,3,13H2,1-2H3,(H,24,26). The first kappa shape index (κ1) is 18.5. The highest BCUT2D eigenvalue weighted by Crippen LogP contribution is 2.32. The van der Waals surface area contributed by atoms with E-state index in [4.69, 9.17) is 9.15 Å². The minimum Gasteiger partial charge on any atom is -0.490 e. The van der Waals surface area contributed by atoms with Gasteiger partial charge in [0, 0.05) is 11.9 Å². The van der Waals surface area contributed by atoms with Crippen molar-refractivity contribution in [3.05, 3.63) is 65.9 Å². The number of ether oxygens (including phenoxy) is 1. The van der Waals surface area contributed by atoms with Crippen molar-refractivity contribution in [3.8, 4) is 5.75 Å². The van der Waals surface area contributed by atoms with Gasteiger partial charge in [0.1, 0.15) is 5.76 Å². The number of fused-ring (bicyclic) bond motifs is 1. The van der Waals surface area contributed by atoms with Crippen LogP contribution in [0.2, 0.25) is 0 Å². The van der Waals surface area contributed by atoms with E-state index in [2.05, 4.69) is 16.2 Å². The van der Waals surface area contributed by atoms with E-state index in [1.807, 2.05) is 68.4 Å². The molecule has 28 heavy (non-hydrogen) atoms. The predicted molar refractivity (Wildman–Crippen MR) is 108 cm³/mol. The lowest BCUT2D eigenvalue weighted by molar-refractivity contribution is -0.125. The van der Waals surface area contributed by atoms with Crippen molar-refractivity contribution in [1.82, 2.24) is 16.2 Å². The van der Waals surface area contributed by atoms with Gasteiger partial charge in [-0.3, -0.25) is 10.2 Å². The zero-order chi connectivity index (χ0) is 19.5. The van der Waals surface area contributed by atoms with Crippen molar-refractivity contribution in [2.75, 3.05) is 13.2 Å². The largest absolute Gasteiger partial charge is 0.490 e. The number of amides is 1. The summed E-state index contributed by atoms with van der Waals surface area (Å²) in [6.45, 7) is 5.03. The number of hydrazine groups is 1. The van der Waals surface area contributed by atoms with Gasteiger partial charge >= 0.3 is 0 Å². The molecular formula is C22H25N3O3. The quantitative estimate of drug-likeness (QED) is 0.611. The Morgan fingerprint density at radius 1 is 1.25 bits per heavy atom. The maximum Gasteiger partial charge on any atom is 0.227 e. The molecule has 3 atom stereocenters. The summed E-state index contributed by atoms with van der Waals surface area (Å²) < 4.78 is 11.7. The second-order valence-corrected chi connectivity index (χ2v) is 7.01. The summed E-state index contributed by atoms with van der Waals surface area (Å²) in [4.78, 5) is 12.9. The molecule has 3 aromatic rings. The number of nitrogens with one attached hydrogen (secondary N) is 3. The molecule has 1 fully saturated rings. The Balaban J connectivity index is 1.50.